The van der Waals surface area contributed by atoms with Gasteiger partial charge < -0.3 is 4.74 Å². The van der Waals surface area contributed by atoms with E-state index >= 15 is 0 Å². The van der Waals surface area contributed by atoms with Gasteiger partial charge in [0.05, 0.1) is 0 Å². The molecule has 0 aliphatic carbocycles. The van der Waals surface area contributed by atoms with Gasteiger partial charge in [0.25, 0.3) is 0 Å². The van der Waals surface area contributed by atoms with Gasteiger partial charge in [0.2, 0.25) is 5.67 Å². The normalized spacial score (nSPS) is 13.6. The lowest BCUT2D eigenvalue weighted by Gasteiger charge is -2.18. The summed E-state index contributed by atoms with van der Waals surface area (Å²) in [7, 11) is 0. The molecular formula is C33H42F2N2O2. The molecule has 0 fully saturated rings. The van der Waals surface area contributed by atoms with Crippen LogP contribution in [0.3, 0.4) is 0 Å². The van der Waals surface area contributed by atoms with E-state index in [-0.39, 0.29) is 6.42 Å². The molecule has 0 aliphatic heterocycles. The molecule has 210 valence electrons. The zero-order chi connectivity index (χ0) is 28.1. The van der Waals surface area contributed by atoms with E-state index in [1.165, 1.54) is 19.8 Å². The van der Waals surface area contributed by atoms with Gasteiger partial charge in [0.15, 0.2) is 5.82 Å². The Kier molecular flexibility index (Phi) is 12.0. The Balaban J connectivity index is 1.52. The van der Waals surface area contributed by atoms with Crippen LogP contribution in [0.25, 0.3) is 22.5 Å². The van der Waals surface area contributed by atoms with E-state index in [0.717, 1.165) is 54.4 Å². The van der Waals surface area contributed by atoms with Gasteiger partial charge in [0.1, 0.15) is 11.9 Å². The molecule has 0 aliphatic rings. The van der Waals surface area contributed by atoms with Crippen LogP contribution in [-0.4, -0.2) is 27.8 Å². The fourth-order valence-electron chi connectivity index (χ4n) is 4.44. The molecule has 3 rings (SSSR count). The quantitative estimate of drug-likeness (QED) is 0.104. The number of ether oxygens (including phenoxy) is 1. The molecule has 2 atom stereocenters. The second-order valence-electron chi connectivity index (χ2n) is 10.5. The lowest BCUT2D eigenvalue weighted by atomic mass is 10.0. The molecule has 2 aromatic carbocycles. The van der Waals surface area contributed by atoms with Gasteiger partial charge in [0, 0.05) is 23.5 Å². The van der Waals surface area contributed by atoms with Crippen molar-refractivity contribution in [1.82, 2.24) is 9.97 Å². The number of carbonyl (C=O) groups excluding carboxylic acids is 1. The van der Waals surface area contributed by atoms with Crippen LogP contribution in [0.15, 0.2) is 60.9 Å². The van der Waals surface area contributed by atoms with Crippen molar-refractivity contribution in [1.29, 1.82) is 0 Å². The minimum atomic E-state index is -2.00. The number of esters is 1. The largest absolute Gasteiger partial charge is 0.424 e. The summed E-state index contributed by atoms with van der Waals surface area (Å²) in [6, 6.07) is 14.9. The maximum atomic E-state index is 14.7. The molecule has 1 aromatic heterocycles. The van der Waals surface area contributed by atoms with Crippen molar-refractivity contribution in [2.75, 3.05) is 0 Å². The zero-order valence-corrected chi connectivity index (χ0v) is 23.6. The van der Waals surface area contributed by atoms with Crippen molar-refractivity contribution in [3.05, 3.63) is 66.5 Å². The molecule has 0 radical (unpaired) electrons. The highest BCUT2D eigenvalue weighted by atomic mass is 19.1. The molecule has 39 heavy (non-hydrogen) atoms. The molecular weight excluding hydrogens is 494 g/mol. The topological polar surface area (TPSA) is 52.1 Å². The van der Waals surface area contributed by atoms with Crippen LogP contribution in [0.4, 0.5) is 8.78 Å². The van der Waals surface area contributed by atoms with Crippen LogP contribution in [0.2, 0.25) is 0 Å². The van der Waals surface area contributed by atoms with Crippen LogP contribution in [-0.2, 0) is 11.2 Å². The third kappa shape index (κ3) is 9.83. The summed E-state index contributed by atoms with van der Waals surface area (Å²) >= 11 is 0. The third-order valence-electron chi connectivity index (χ3n) is 7.05. The van der Waals surface area contributed by atoms with Crippen molar-refractivity contribution in [3.63, 3.8) is 0 Å². The van der Waals surface area contributed by atoms with Crippen molar-refractivity contribution in [3.8, 4) is 28.3 Å². The predicted molar refractivity (Wildman–Crippen MR) is 154 cm³/mol. The van der Waals surface area contributed by atoms with E-state index < -0.39 is 17.8 Å². The number of rotatable bonds is 16. The fourth-order valence-corrected chi connectivity index (χ4v) is 4.44. The zero-order valence-electron chi connectivity index (χ0n) is 23.6. The molecule has 3 aromatic rings. The SMILES string of the molecule is CCCCCC[C@H](F)CCc1ccc(-c2ncc(-c3ccc(OC(=O)[C@@](C)(F)CCCCC)cc3)cn2)cc1. The highest BCUT2D eigenvalue weighted by Crippen LogP contribution is 2.26. The minimum absolute atomic E-state index is 0.154. The monoisotopic (exact) mass is 536 g/mol. The first-order chi connectivity index (χ1) is 18.8. The first-order valence-corrected chi connectivity index (χ1v) is 14.4. The van der Waals surface area contributed by atoms with Crippen molar-refractivity contribution >= 4 is 5.97 Å². The van der Waals surface area contributed by atoms with Crippen molar-refractivity contribution in [2.24, 2.45) is 0 Å². The van der Waals surface area contributed by atoms with E-state index in [2.05, 4.69) is 16.9 Å². The van der Waals surface area contributed by atoms with Gasteiger partial charge in [-0.1, -0.05) is 88.8 Å². The summed E-state index contributed by atoms with van der Waals surface area (Å²) < 4.78 is 34.1. The molecule has 0 spiro atoms. The van der Waals surface area contributed by atoms with Gasteiger partial charge in [-0.25, -0.2) is 23.5 Å². The number of aryl methyl sites for hydroxylation is 1. The van der Waals surface area contributed by atoms with Gasteiger partial charge in [-0.05, 0) is 62.3 Å². The van der Waals surface area contributed by atoms with Crippen LogP contribution >= 0.6 is 0 Å². The number of aromatic nitrogens is 2. The van der Waals surface area contributed by atoms with Crippen LogP contribution in [0.1, 0.15) is 90.5 Å². The Morgan fingerprint density at radius 3 is 2.08 bits per heavy atom. The number of alkyl halides is 2. The van der Waals surface area contributed by atoms with Crippen molar-refractivity contribution < 1.29 is 18.3 Å². The van der Waals surface area contributed by atoms with Crippen LogP contribution < -0.4 is 4.74 Å². The molecule has 4 nitrogen and oxygen atoms in total. The minimum Gasteiger partial charge on any atom is -0.424 e. The Bertz CT molecular complexity index is 1130. The van der Waals surface area contributed by atoms with E-state index in [0.29, 0.717) is 30.8 Å². The molecule has 0 bridgehead atoms. The second-order valence-corrected chi connectivity index (χ2v) is 10.5. The first kappa shape index (κ1) is 30.4. The number of hydrogen-bond acceptors (Lipinski definition) is 4. The van der Waals surface area contributed by atoms with Gasteiger partial charge >= 0.3 is 5.97 Å². The number of hydrogen-bond donors (Lipinski definition) is 0. The summed E-state index contributed by atoms with van der Waals surface area (Å²) in [6.45, 7) is 5.48. The highest BCUT2D eigenvalue weighted by molar-refractivity contribution is 5.81. The molecule has 6 heteroatoms. The van der Waals surface area contributed by atoms with E-state index in [4.69, 9.17) is 4.74 Å². The third-order valence-corrected chi connectivity index (χ3v) is 7.05. The maximum Gasteiger partial charge on any atom is 0.348 e. The molecule has 0 saturated heterocycles. The first-order valence-electron chi connectivity index (χ1n) is 14.4. The number of halogens is 2. The molecule has 0 amide bonds. The maximum absolute atomic E-state index is 14.7. The molecule has 0 N–H and O–H groups in total. The average molecular weight is 537 g/mol. The van der Waals surface area contributed by atoms with E-state index in [1.807, 2.05) is 31.2 Å². The lowest BCUT2D eigenvalue weighted by molar-refractivity contribution is -0.147. The summed E-state index contributed by atoms with van der Waals surface area (Å²) in [4.78, 5) is 21.3. The smallest absolute Gasteiger partial charge is 0.348 e. The fraction of sp³-hybridized carbons (Fsp3) is 0.485. The number of carbonyl (C=O) groups is 1. The number of nitrogens with zero attached hydrogens (tertiary/aromatic N) is 2. The molecule has 0 unspecified atom stereocenters. The Morgan fingerprint density at radius 2 is 1.44 bits per heavy atom. The van der Waals surface area contributed by atoms with E-state index in [1.54, 1.807) is 36.7 Å². The lowest BCUT2D eigenvalue weighted by Crippen LogP contribution is -2.34. The Hall–Kier alpha value is -3.15. The Labute approximate surface area is 232 Å². The predicted octanol–water partition coefficient (Wildman–Crippen LogP) is 9.27. The summed E-state index contributed by atoms with van der Waals surface area (Å²) in [6.07, 6.45) is 11.8. The highest BCUT2D eigenvalue weighted by Gasteiger charge is 2.34. The van der Waals surface area contributed by atoms with Gasteiger partial charge in [-0.2, -0.15) is 0 Å². The van der Waals surface area contributed by atoms with Gasteiger partial charge in [-0.3, -0.25) is 0 Å². The van der Waals surface area contributed by atoms with Crippen LogP contribution in [0.5, 0.6) is 5.75 Å². The van der Waals surface area contributed by atoms with Crippen molar-refractivity contribution in [2.45, 2.75) is 103 Å². The van der Waals surface area contributed by atoms with E-state index in [9.17, 15) is 13.6 Å². The summed E-state index contributed by atoms with van der Waals surface area (Å²) in [5, 5.41) is 0. The Morgan fingerprint density at radius 1 is 0.821 bits per heavy atom. The number of unbranched alkanes of at least 4 members (excludes halogenated alkanes) is 5. The summed E-state index contributed by atoms with van der Waals surface area (Å²) in [5.74, 6) is 0.0498. The van der Waals surface area contributed by atoms with Crippen LogP contribution in [0, 0.1) is 0 Å². The summed E-state index contributed by atoms with van der Waals surface area (Å²) in [5.41, 5.74) is 1.69. The standard InChI is InChI=1S/C33H42F2N2O2/c1-4-6-8-9-11-29(34)19-14-25-12-15-27(16-13-25)31-36-23-28(24-37-31)26-17-20-30(21-18-26)39-32(38)33(3,35)22-10-7-5-2/h12-13,15-18,20-21,23-24,29H,4-11,14,19,22H2,1-3H3/t29-,33-/m0/s1. The molecule has 1 heterocycles. The van der Waals surface area contributed by atoms with Gasteiger partial charge in [-0.15, -0.1) is 0 Å². The molecule has 0 saturated carbocycles. The average Bonchev–Trinajstić information content (AvgIpc) is 2.95. The number of benzene rings is 2. The second kappa shape index (κ2) is 15.4.